The Morgan fingerprint density at radius 3 is 2.50 bits per heavy atom. The van der Waals surface area contributed by atoms with Gasteiger partial charge in [0.15, 0.2) is 0 Å². The number of nitrogens with zero attached hydrogens (tertiary/aromatic N) is 1. The first-order valence-electron chi connectivity index (χ1n) is 8.07. The smallest absolute Gasteiger partial charge is 0.236 e. The van der Waals surface area contributed by atoms with Gasteiger partial charge < -0.3 is 10.1 Å². The van der Waals surface area contributed by atoms with E-state index >= 15 is 0 Å². The summed E-state index contributed by atoms with van der Waals surface area (Å²) in [7, 11) is 0. The molecule has 0 aromatic rings. The third-order valence-corrected chi connectivity index (χ3v) is 4.42. The molecule has 0 aliphatic carbocycles. The number of hydrogen-bond donors (Lipinski definition) is 2. The first kappa shape index (κ1) is 15.7. The average Bonchev–Trinajstić information content (AvgIpc) is 2.44. The van der Waals surface area contributed by atoms with E-state index in [2.05, 4.69) is 29.6 Å². The molecule has 1 amide bonds. The predicted molar refractivity (Wildman–Crippen MR) is 79.2 cm³/mol. The molecule has 0 aromatic heterocycles. The van der Waals surface area contributed by atoms with Gasteiger partial charge in [-0.25, -0.2) is 5.01 Å². The van der Waals surface area contributed by atoms with Gasteiger partial charge in [-0.1, -0.05) is 6.42 Å². The number of ether oxygens (including phenoxy) is 1. The van der Waals surface area contributed by atoms with Crippen molar-refractivity contribution in [1.82, 2.24) is 15.8 Å². The Hall–Kier alpha value is -0.650. The molecule has 0 radical (unpaired) electrons. The molecule has 5 nitrogen and oxygen atoms in total. The van der Waals surface area contributed by atoms with Crippen molar-refractivity contribution >= 4 is 5.91 Å². The van der Waals surface area contributed by atoms with Gasteiger partial charge in [0.1, 0.15) is 0 Å². The Labute approximate surface area is 122 Å². The molecule has 2 aliphatic heterocycles. The fourth-order valence-corrected chi connectivity index (χ4v) is 3.12. The molecular weight excluding hydrogens is 254 g/mol. The van der Waals surface area contributed by atoms with Crippen LogP contribution in [0.5, 0.6) is 0 Å². The van der Waals surface area contributed by atoms with Crippen LogP contribution in [0.2, 0.25) is 0 Å². The first-order valence-corrected chi connectivity index (χ1v) is 8.07. The van der Waals surface area contributed by atoms with E-state index < -0.39 is 0 Å². The van der Waals surface area contributed by atoms with Gasteiger partial charge in [-0.05, 0) is 52.6 Å². The van der Waals surface area contributed by atoms with E-state index in [9.17, 15) is 4.79 Å². The van der Waals surface area contributed by atoms with Crippen LogP contribution in [0, 0.1) is 0 Å². The molecule has 2 N–H and O–H groups in total. The minimum atomic E-state index is 0.0829. The summed E-state index contributed by atoms with van der Waals surface area (Å²) in [6, 6.07) is 0.876. The third-order valence-electron chi connectivity index (χ3n) is 4.42. The molecule has 0 bridgehead atoms. The number of rotatable bonds is 5. The Bertz CT molecular complexity index is 295. The van der Waals surface area contributed by atoms with Gasteiger partial charge in [0.2, 0.25) is 5.91 Å². The Balaban J connectivity index is 1.64. The Kier molecular flexibility index (Phi) is 6.26. The lowest BCUT2D eigenvalue weighted by Crippen LogP contribution is -2.54. The topological polar surface area (TPSA) is 53.6 Å². The first-order chi connectivity index (χ1) is 9.66. The van der Waals surface area contributed by atoms with E-state index in [1.165, 1.54) is 6.42 Å². The molecule has 2 rings (SSSR count). The number of amides is 1. The van der Waals surface area contributed by atoms with Crippen LogP contribution in [-0.4, -0.2) is 48.8 Å². The third kappa shape index (κ3) is 4.72. The number of hydrogen-bond acceptors (Lipinski definition) is 4. The summed E-state index contributed by atoms with van der Waals surface area (Å²) in [6.07, 6.45) is 6.49. The van der Waals surface area contributed by atoms with Crippen LogP contribution in [0.15, 0.2) is 0 Å². The zero-order valence-corrected chi connectivity index (χ0v) is 12.9. The zero-order valence-electron chi connectivity index (χ0n) is 12.9. The molecule has 2 fully saturated rings. The average molecular weight is 283 g/mol. The maximum atomic E-state index is 12.0. The van der Waals surface area contributed by atoms with Crippen LogP contribution in [0.3, 0.4) is 0 Å². The van der Waals surface area contributed by atoms with Gasteiger partial charge in [0, 0.05) is 12.1 Å². The van der Waals surface area contributed by atoms with Crippen molar-refractivity contribution in [1.29, 1.82) is 0 Å². The lowest BCUT2D eigenvalue weighted by atomic mass is 10.00. The van der Waals surface area contributed by atoms with Crippen molar-refractivity contribution in [3.8, 4) is 0 Å². The molecule has 2 unspecified atom stereocenters. The van der Waals surface area contributed by atoms with E-state index in [4.69, 9.17) is 4.74 Å². The van der Waals surface area contributed by atoms with Crippen molar-refractivity contribution < 1.29 is 9.53 Å². The molecule has 0 aromatic carbocycles. The van der Waals surface area contributed by atoms with Gasteiger partial charge >= 0.3 is 0 Å². The van der Waals surface area contributed by atoms with E-state index in [1.54, 1.807) is 0 Å². The van der Waals surface area contributed by atoms with Crippen LogP contribution < -0.4 is 10.7 Å². The molecular formula is C15H29N3O2. The van der Waals surface area contributed by atoms with E-state index in [0.717, 1.165) is 38.8 Å². The number of nitrogens with one attached hydrogen (secondary N) is 2. The van der Waals surface area contributed by atoms with Gasteiger partial charge in [0.05, 0.1) is 19.1 Å². The summed E-state index contributed by atoms with van der Waals surface area (Å²) in [5.41, 5.74) is 3.06. The van der Waals surface area contributed by atoms with Gasteiger partial charge in [-0.2, -0.15) is 0 Å². The fourth-order valence-electron chi connectivity index (χ4n) is 3.12. The summed E-state index contributed by atoms with van der Waals surface area (Å²) in [4.78, 5) is 12.0. The van der Waals surface area contributed by atoms with Crippen molar-refractivity contribution in [2.75, 3.05) is 19.7 Å². The molecule has 0 saturated carbocycles. The summed E-state index contributed by atoms with van der Waals surface area (Å²) in [5, 5.41) is 5.43. The number of carbonyl (C=O) groups excluding carboxylic acids is 1. The van der Waals surface area contributed by atoms with Gasteiger partial charge in [-0.15, -0.1) is 0 Å². The molecule has 2 saturated heterocycles. The van der Waals surface area contributed by atoms with Crippen molar-refractivity contribution in [3.63, 3.8) is 0 Å². The highest BCUT2D eigenvalue weighted by atomic mass is 16.5. The quantitative estimate of drug-likeness (QED) is 0.801. The largest absolute Gasteiger partial charge is 0.378 e. The van der Waals surface area contributed by atoms with Crippen LogP contribution in [0.25, 0.3) is 0 Å². The molecule has 0 spiro atoms. The van der Waals surface area contributed by atoms with E-state index in [0.29, 0.717) is 31.2 Å². The van der Waals surface area contributed by atoms with Crippen LogP contribution in [0.4, 0.5) is 0 Å². The fraction of sp³-hybridized carbons (Fsp3) is 0.933. The van der Waals surface area contributed by atoms with E-state index in [1.807, 2.05) is 0 Å². The number of carbonyl (C=O) groups is 1. The molecule has 2 atom stereocenters. The summed E-state index contributed by atoms with van der Waals surface area (Å²) >= 11 is 0. The Morgan fingerprint density at radius 2 is 1.85 bits per heavy atom. The second kappa shape index (κ2) is 7.96. The van der Waals surface area contributed by atoms with Crippen LogP contribution in [0.1, 0.15) is 52.4 Å². The second-order valence-corrected chi connectivity index (χ2v) is 6.14. The lowest BCUT2D eigenvalue weighted by Gasteiger charge is -2.38. The Morgan fingerprint density at radius 1 is 1.20 bits per heavy atom. The highest BCUT2D eigenvalue weighted by Crippen LogP contribution is 2.20. The lowest BCUT2D eigenvalue weighted by molar-refractivity contribution is -0.131. The molecule has 5 heteroatoms. The van der Waals surface area contributed by atoms with Gasteiger partial charge in [-0.3, -0.25) is 10.2 Å². The predicted octanol–water partition coefficient (Wildman–Crippen LogP) is 1.44. The minimum absolute atomic E-state index is 0.0829. The minimum Gasteiger partial charge on any atom is -0.378 e. The van der Waals surface area contributed by atoms with Gasteiger partial charge in [0.25, 0.3) is 0 Å². The van der Waals surface area contributed by atoms with Crippen molar-refractivity contribution in [2.24, 2.45) is 0 Å². The SMILES string of the molecule is CC1CCCC(C)N1NC(=O)CCOC1CCNCC1. The van der Waals surface area contributed by atoms with Crippen LogP contribution >= 0.6 is 0 Å². The summed E-state index contributed by atoms with van der Waals surface area (Å²) in [5.74, 6) is 0.0829. The zero-order chi connectivity index (χ0) is 14.4. The number of piperidine rings is 2. The second-order valence-electron chi connectivity index (χ2n) is 6.14. The normalized spacial score (nSPS) is 29.3. The maximum Gasteiger partial charge on any atom is 0.236 e. The monoisotopic (exact) mass is 283 g/mol. The maximum absolute atomic E-state index is 12.0. The highest BCUT2D eigenvalue weighted by molar-refractivity contribution is 5.75. The number of hydrazine groups is 1. The molecule has 116 valence electrons. The van der Waals surface area contributed by atoms with Crippen LogP contribution in [-0.2, 0) is 9.53 Å². The summed E-state index contributed by atoms with van der Waals surface area (Å²) < 4.78 is 5.78. The van der Waals surface area contributed by atoms with Crippen molar-refractivity contribution in [3.05, 3.63) is 0 Å². The summed E-state index contributed by atoms with van der Waals surface area (Å²) in [6.45, 7) is 6.95. The van der Waals surface area contributed by atoms with E-state index in [-0.39, 0.29) is 5.91 Å². The standard InChI is InChI=1S/C15H29N3O2/c1-12-4-3-5-13(2)18(12)17-15(19)8-11-20-14-6-9-16-10-7-14/h12-14,16H,3-11H2,1-2H3,(H,17,19). The van der Waals surface area contributed by atoms with Crippen molar-refractivity contribution in [2.45, 2.75) is 70.6 Å². The molecule has 20 heavy (non-hydrogen) atoms. The molecule has 2 heterocycles. The highest BCUT2D eigenvalue weighted by Gasteiger charge is 2.26. The molecule has 2 aliphatic rings.